The minimum absolute atomic E-state index is 0.140. The molecule has 0 aliphatic heterocycles. The highest BCUT2D eigenvalue weighted by atomic mass is 32.2. The van der Waals surface area contributed by atoms with E-state index < -0.39 is 0 Å². The zero-order chi connectivity index (χ0) is 13.1. The number of rotatable bonds is 5. The predicted octanol–water partition coefficient (Wildman–Crippen LogP) is 3.80. The van der Waals surface area contributed by atoms with Crippen LogP contribution in [0.5, 0.6) is 0 Å². The van der Waals surface area contributed by atoms with Crippen LogP contribution in [0.1, 0.15) is 50.2 Å². The first-order chi connectivity index (χ1) is 7.84. The smallest absolute Gasteiger partial charge is 0.103 e. The number of aromatic nitrogens is 1. The quantitative estimate of drug-likeness (QED) is 0.882. The fourth-order valence-corrected chi connectivity index (χ4v) is 3.51. The van der Waals surface area contributed by atoms with Gasteiger partial charge in [0.05, 0.1) is 5.69 Å². The highest BCUT2D eigenvalue weighted by Crippen LogP contribution is 2.30. The third kappa shape index (κ3) is 4.60. The molecule has 0 saturated carbocycles. The van der Waals surface area contributed by atoms with Crippen molar-refractivity contribution < 1.29 is 0 Å². The van der Waals surface area contributed by atoms with Crippen LogP contribution in [0.4, 0.5) is 0 Å². The lowest BCUT2D eigenvalue weighted by atomic mass is 9.91. The first-order valence-electron chi connectivity index (χ1n) is 6.06. The van der Waals surface area contributed by atoms with Gasteiger partial charge in [0.15, 0.2) is 0 Å². The molecule has 1 N–H and O–H groups in total. The molecule has 0 aliphatic carbocycles. The van der Waals surface area contributed by atoms with Crippen LogP contribution in [-0.4, -0.2) is 17.3 Å². The van der Waals surface area contributed by atoms with Crippen LogP contribution < -0.4 is 5.32 Å². The summed E-state index contributed by atoms with van der Waals surface area (Å²) in [7, 11) is 0. The highest BCUT2D eigenvalue weighted by molar-refractivity contribution is 7.97. The largest absolute Gasteiger partial charge is 0.310 e. The molecule has 0 unspecified atom stereocenters. The molecule has 1 heterocycles. The maximum Gasteiger partial charge on any atom is 0.103 e. The number of nitrogens with zero attached hydrogens (tertiary/aromatic N) is 1. The molecule has 98 valence electrons. The Labute approximate surface area is 114 Å². The first kappa shape index (κ1) is 15.0. The lowest BCUT2D eigenvalue weighted by Crippen LogP contribution is -2.23. The number of thioether (sulfide) groups is 1. The van der Waals surface area contributed by atoms with Gasteiger partial charge in [-0.3, -0.25) is 0 Å². The summed E-state index contributed by atoms with van der Waals surface area (Å²) in [4.78, 5) is 6.21. The summed E-state index contributed by atoms with van der Waals surface area (Å²) in [6, 6.07) is 0.522. The van der Waals surface area contributed by atoms with E-state index in [2.05, 4.69) is 46.2 Å². The summed E-state index contributed by atoms with van der Waals surface area (Å²) in [6.07, 6.45) is 2.13. The topological polar surface area (TPSA) is 24.9 Å². The first-order valence-corrected chi connectivity index (χ1v) is 8.27. The Bertz CT molecular complexity index is 351. The molecule has 0 spiro atoms. The number of nitrogens with one attached hydrogen (secondary N) is 1. The van der Waals surface area contributed by atoms with Gasteiger partial charge in [0.25, 0.3) is 0 Å². The zero-order valence-corrected chi connectivity index (χ0v) is 13.4. The van der Waals surface area contributed by atoms with Crippen molar-refractivity contribution >= 4 is 23.1 Å². The van der Waals surface area contributed by atoms with Gasteiger partial charge in [0.1, 0.15) is 5.01 Å². The van der Waals surface area contributed by atoms with Crippen molar-refractivity contribution in [2.24, 2.45) is 0 Å². The van der Waals surface area contributed by atoms with Crippen molar-refractivity contribution in [2.75, 3.05) is 6.26 Å². The lowest BCUT2D eigenvalue weighted by Gasteiger charge is -2.18. The van der Waals surface area contributed by atoms with Crippen LogP contribution in [-0.2, 0) is 17.7 Å². The van der Waals surface area contributed by atoms with Gasteiger partial charge in [-0.15, -0.1) is 11.3 Å². The second kappa shape index (κ2) is 6.21. The third-order valence-corrected chi connectivity index (χ3v) is 4.19. The Morgan fingerprint density at radius 1 is 1.35 bits per heavy atom. The fourth-order valence-electron chi connectivity index (χ4n) is 1.59. The van der Waals surface area contributed by atoms with Gasteiger partial charge in [0, 0.05) is 28.6 Å². The number of hydrogen-bond donors (Lipinski definition) is 1. The minimum atomic E-state index is 0.140. The van der Waals surface area contributed by atoms with Gasteiger partial charge in [0.2, 0.25) is 0 Å². The molecule has 0 radical (unpaired) electrons. The molecule has 1 aromatic rings. The van der Waals surface area contributed by atoms with Crippen molar-refractivity contribution in [1.82, 2.24) is 10.3 Å². The van der Waals surface area contributed by atoms with E-state index in [9.17, 15) is 0 Å². The summed E-state index contributed by atoms with van der Waals surface area (Å²) in [5.74, 6) is 1.02. The van der Waals surface area contributed by atoms with Crippen LogP contribution >= 0.6 is 23.1 Å². The maximum atomic E-state index is 4.81. The summed E-state index contributed by atoms with van der Waals surface area (Å²) in [5, 5.41) is 4.75. The molecule has 0 saturated heterocycles. The van der Waals surface area contributed by atoms with Crippen molar-refractivity contribution in [1.29, 1.82) is 0 Å². The Balaban J connectivity index is 2.91. The Hall–Kier alpha value is -0.0600. The van der Waals surface area contributed by atoms with E-state index in [0.717, 1.165) is 12.3 Å². The van der Waals surface area contributed by atoms with E-state index >= 15 is 0 Å². The zero-order valence-electron chi connectivity index (χ0n) is 11.8. The second-order valence-corrected chi connectivity index (χ2v) is 7.63. The van der Waals surface area contributed by atoms with Crippen LogP contribution in [0, 0.1) is 0 Å². The van der Waals surface area contributed by atoms with E-state index in [-0.39, 0.29) is 5.41 Å². The monoisotopic (exact) mass is 272 g/mol. The summed E-state index contributed by atoms with van der Waals surface area (Å²) >= 11 is 3.70. The van der Waals surface area contributed by atoms with Gasteiger partial charge in [-0.2, -0.15) is 11.8 Å². The van der Waals surface area contributed by atoms with Gasteiger partial charge in [-0.1, -0.05) is 34.6 Å². The molecule has 2 nitrogen and oxygen atoms in total. The van der Waals surface area contributed by atoms with Gasteiger partial charge in [-0.05, 0) is 6.26 Å². The molecule has 0 aliphatic rings. The second-order valence-electron chi connectivity index (χ2n) is 5.60. The number of hydrogen-bond acceptors (Lipinski definition) is 4. The molecule has 0 amide bonds. The Morgan fingerprint density at radius 2 is 2.00 bits per heavy atom. The van der Waals surface area contributed by atoms with Crippen molar-refractivity contribution in [3.63, 3.8) is 0 Å². The molecule has 4 heteroatoms. The van der Waals surface area contributed by atoms with Crippen LogP contribution in [0.3, 0.4) is 0 Å². The van der Waals surface area contributed by atoms with Gasteiger partial charge < -0.3 is 5.32 Å². The molecule has 0 atom stereocenters. The molecule has 1 rings (SSSR count). The average molecular weight is 272 g/mol. The third-order valence-electron chi connectivity index (χ3n) is 2.39. The fraction of sp³-hybridized carbons (Fsp3) is 0.769. The lowest BCUT2D eigenvalue weighted by molar-refractivity contribution is 0.545. The SMILES string of the molecule is CSCc1nc(C(C)(C)C)c(CNC(C)C)s1. The van der Waals surface area contributed by atoms with E-state index in [0.29, 0.717) is 6.04 Å². The maximum absolute atomic E-state index is 4.81. The summed E-state index contributed by atoms with van der Waals surface area (Å²) in [5.41, 5.74) is 1.40. The standard InChI is InChI=1S/C13H24N2S2/c1-9(2)14-7-10-12(13(3,4)5)15-11(17-10)8-16-6/h9,14H,7-8H2,1-6H3. The molecule has 0 bridgehead atoms. The summed E-state index contributed by atoms with van der Waals surface area (Å²) in [6.45, 7) is 12.0. The highest BCUT2D eigenvalue weighted by Gasteiger charge is 2.22. The predicted molar refractivity (Wildman–Crippen MR) is 80.0 cm³/mol. The van der Waals surface area contributed by atoms with Crippen LogP contribution in [0.2, 0.25) is 0 Å². The van der Waals surface area contributed by atoms with Crippen molar-refractivity contribution in [3.8, 4) is 0 Å². The average Bonchev–Trinajstić information content (AvgIpc) is 2.58. The molecular weight excluding hydrogens is 248 g/mol. The van der Waals surface area contributed by atoms with E-state index in [1.54, 1.807) is 0 Å². The van der Waals surface area contributed by atoms with E-state index in [1.807, 2.05) is 23.1 Å². The summed E-state index contributed by atoms with van der Waals surface area (Å²) < 4.78 is 0. The Morgan fingerprint density at radius 3 is 2.47 bits per heavy atom. The molecule has 17 heavy (non-hydrogen) atoms. The van der Waals surface area contributed by atoms with E-state index in [1.165, 1.54) is 15.6 Å². The van der Waals surface area contributed by atoms with Crippen LogP contribution in [0.15, 0.2) is 0 Å². The molecule has 0 fully saturated rings. The van der Waals surface area contributed by atoms with Gasteiger partial charge >= 0.3 is 0 Å². The van der Waals surface area contributed by atoms with Crippen molar-refractivity contribution in [2.45, 2.75) is 58.4 Å². The Kier molecular flexibility index (Phi) is 5.48. The number of thiazole rings is 1. The van der Waals surface area contributed by atoms with E-state index in [4.69, 9.17) is 4.98 Å². The molecule has 0 aromatic carbocycles. The van der Waals surface area contributed by atoms with Crippen LogP contribution in [0.25, 0.3) is 0 Å². The normalized spacial score (nSPS) is 12.4. The van der Waals surface area contributed by atoms with Gasteiger partial charge in [-0.25, -0.2) is 4.98 Å². The molecule has 1 aromatic heterocycles. The molecular formula is C13H24N2S2. The minimum Gasteiger partial charge on any atom is -0.310 e. The van der Waals surface area contributed by atoms with Crippen molar-refractivity contribution in [3.05, 3.63) is 15.6 Å².